The summed E-state index contributed by atoms with van der Waals surface area (Å²) in [5, 5.41) is 1.31. The maximum Gasteiger partial charge on any atom is 0.129 e. The highest BCUT2D eigenvalue weighted by atomic mass is 79.9. The fourth-order valence-corrected chi connectivity index (χ4v) is 2.94. The van der Waals surface area contributed by atoms with Crippen molar-refractivity contribution in [2.75, 3.05) is 0 Å². The summed E-state index contributed by atoms with van der Waals surface area (Å²) < 4.78 is 2.83. The van der Waals surface area contributed by atoms with Gasteiger partial charge in [0.2, 0.25) is 0 Å². The van der Waals surface area contributed by atoms with E-state index in [9.17, 15) is 0 Å². The van der Waals surface area contributed by atoms with Crippen LogP contribution in [0.5, 0.6) is 0 Å². The molecule has 0 aliphatic heterocycles. The third kappa shape index (κ3) is 2.44. The lowest BCUT2D eigenvalue weighted by molar-refractivity contribution is 0.981. The van der Waals surface area contributed by atoms with Gasteiger partial charge < -0.3 is 0 Å². The molecule has 0 fully saturated rings. The Bertz CT molecular complexity index is 798. The van der Waals surface area contributed by atoms with Crippen molar-refractivity contribution in [1.29, 1.82) is 0 Å². The molecule has 0 radical (unpaired) electrons. The maximum atomic E-state index is 6.04. The first-order chi connectivity index (χ1) is 9.60. The molecule has 1 aromatic heterocycles. The first-order valence-corrected chi connectivity index (χ1v) is 7.87. The van der Waals surface area contributed by atoms with E-state index in [4.69, 9.17) is 34.8 Å². The van der Waals surface area contributed by atoms with Crippen LogP contribution in [0.1, 0.15) is 5.82 Å². The summed E-state index contributed by atoms with van der Waals surface area (Å²) in [7, 11) is 0. The molecule has 0 spiro atoms. The van der Waals surface area contributed by atoms with Gasteiger partial charge in [0.05, 0.1) is 21.9 Å². The molecule has 0 aliphatic rings. The van der Waals surface area contributed by atoms with E-state index >= 15 is 0 Å². The van der Waals surface area contributed by atoms with Crippen molar-refractivity contribution in [3.63, 3.8) is 0 Å². The molecule has 0 amide bonds. The van der Waals surface area contributed by atoms with Gasteiger partial charge in [-0.15, -0.1) is 11.6 Å². The van der Waals surface area contributed by atoms with Gasteiger partial charge in [-0.25, -0.2) is 4.98 Å². The van der Waals surface area contributed by atoms with Crippen molar-refractivity contribution < 1.29 is 0 Å². The van der Waals surface area contributed by atoms with E-state index in [2.05, 4.69) is 20.9 Å². The van der Waals surface area contributed by atoms with Crippen LogP contribution >= 0.6 is 50.7 Å². The Labute approximate surface area is 139 Å². The highest BCUT2D eigenvalue weighted by Crippen LogP contribution is 2.29. The Hall–Kier alpha value is -0.740. The predicted molar refractivity (Wildman–Crippen MR) is 88.3 cm³/mol. The van der Waals surface area contributed by atoms with Crippen LogP contribution in [-0.4, -0.2) is 9.55 Å². The fourth-order valence-electron chi connectivity index (χ4n) is 2.11. The molecule has 6 heteroatoms. The van der Waals surface area contributed by atoms with Crippen molar-refractivity contribution in [3.8, 4) is 5.69 Å². The molecule has 0 saturated heterocycles. The third-order valence-electron chi connectivity index (χ3n) is 2.97. The minimum Gasteiger partial charge on any atom is -0.295 e. The van der Waals surface area contributed by atoms with Gasteiger partial charge in [0.1, 0.15) is 5.82 Å². The molecular formula is C14H8BrCl3N2. The second-order valence-corrected chi connectivity index (χ2v) is 6.19. The molecule has 0 atom stereocenters. The summed E-state index contributed by atoms with van der Waals surface area (Å²) in [5.41, 5.74) is 2.72. The third-order valence-corrected chi connectivity index (χ3v) is 4.65. The zero-order valence-electron chi connectivity index (χ0n) is 10.1. The van der Waals surface area contributed by atoms with E-state index in [0.29, 0.717) is 15.9 Å². The van der Waals surface area contributed by atoms with E-state index in [1.54, 1.807) is 0 Å². The Morgan fingerprint density at radius 2 is 1.90 bits per heavy atom. The van der Waals surface area contributed by atoms with Gasteiger partial charge in [-0.2, -0.15) is 0 Å². The average molecular weight is 390 g/mol. The average Bonchev–Trinajstić information content (AvgIpc) is 2.79. The van der Waals surface area contributed by atoms with Crippen molar-refractivity contribution in [2.24, 2.45) is 0 Å². The van der Waals surface area contributed by atoms with E-state index in [0.717, 1.165) is 27.0 Å². The number of nitrogens with zero attached hydrogens (tertiary/aromatic N) is 2. The summed E-state index contributed by atoms with van der Waals surface area (Å²) in [4.78, 5) is 4.52. The molecule has 102 valence electrons. The second kappa shape index (κ2) is 5.57. The van der Waals surface area contributed by atoms with Gasteiger partial charge in [-0.1, -0.05) is 23.2 Å². The maximum absolute atomic E-state index is 6.04. The number of fused-ring (bicyclic) bond motifs is 1. The van der Waals surface area contributed by atoms with E-state index in [-0.39, 0.29) is 0 Å². The summed E-state index contributed by atoms with van der Waals surface area (Å²) >= 11 is 21.5. The van der Waals surface area contributed by atoms with Crippen LogP contribution in [0.15, 0.2) is 40.9 Å². The molecule has 0 N–H and O–H groups in total. The molecule has 20 heavy (non-hydrogen) atoms. The molecule has 0 aliphatic carbocycles. The number of imidazole rings is 1. The highest BCUT2D eigenvalue weighted by Gasteiger charge is 2.13. The number of benzene rings is 2. The lowest BCUT2D eigenvalue weighted by Crippen LogP contribution is -1.99. The van der Waals surface area contributed by atoms with Crippen molar-refractivity contribution in [1.82, 2.24) is 9.55 Å². The Morgan fingerprint density at radius 3 is 2.60 bits per heavy atom. The van der Waals surface area contributed by atoms with Gasteiger partial charge in [0, 0.05) is 15.2 Å². The van der Waals surface area contributed by atoms with E-state index < -0.39 is 0 Å². The van der Waals surface area contributed by atoms with Crippen molar-refractivity contribution >= 4 is 61.8 Å². The molecule has 3 rings (SSSR count). The second-order valence-electron chi connectivity index (χ2n) is 4.23. The van der Waals surface area contributed by atoms with Crippen LogP contribution in [0.25, 0.3) is 16.7 Å². The van der Waals surface area contributed by atoms with Gasteiger partial charge >= 0.3 is 0 Å². The van der Waals surface area contributed by atoms with Crippen LogP contribution in [-0.2, 0) is 5.88 Å². The van der Waals surface area contributed by atoms with Crippen molar-refractivity contribution in [2.45, 2.75) is 5.88 Å². The minimum atomic E-state index is 0.312. The Morgan fingerprint density at radius 1 is 1.10 bits per heavy atom. The van der Waals surface area contributed by atoms with Gasteiger partial charge in [-0.05, 0) is 52.3 Å². The van der Waals surface area contributed by atoms with Crippen molar-refractivity contribution in [3.05, 3.63) is 56.7 Å². The monoisotopic (exact) mass is 388 g/mol. The summed E-state index contributed by atoms with van der Waals surface area (Å²) in [6.07, 6.45) is 0. The topological polar surface area (TPSA) is 17.8 Å². The van der Waals surface area contributed by atoms with E-state index in [1.165, 1.54) is 0 Å². The Balaban J connectivity index is 2.30. The molecule has 3 aromatic rings. The summed E-state index contributed by atoms with van der Waals surface area (Å²) in [6, 6.07) is 11.3. The standard InChI is InChI=1S/C14H8BrCl3N2/c15-10-6-9(2-3-11(10)18)20-13-4-1-8(17)5-12(13)19-14(20)7-16/h1-6H,7H2. The fraction of sp³-hybridized carbons (Fsp3) is 0.0714. The normalized spacial score (nSPS) is 11.2. The quantitative estimate of drug-likeness (QED) is 0.503. The molecule has 0 saturated carbocycles. The lowest BCUT2D eigenvalue weighted by atomic mass is 10.2. The zero-order valence-corrected chi connectivity index (χ0v) is 13.9. The number of halogens is 4. The summed E-state index contributed by atoms with van der Waals surface area (Å²) in [6.45, 7) is 0. The molecule has 0 bridgehead atoms. The largest absolute Gasteiger partial charge is 0.295 e. The number of hydrogen-bond donors (Lipinski definition) is 0. The van der Waals surface area contributed by atoms with Gasteiger partial charge in [0.15, 0.2) is 0 Å². The van der Waals surface area contributed by atoms with Gasteiger partial charge in [-0.3, -0.25) is 4.57 Å². The van der Waals surface area contributed by atoms with E-state index in [1.807, 2.05) is 41.0 Å². The summed E-state index contributed by atoms with van der Waals surface area (Å²) in [5.74, 6) is 1.07. The van der Waals surface area contributed by atoms with Crippen LogP contribution in [0.3, 0.4) is 0 Å². The molecule has 0 unspecified atom stereocenters. The smallest absolute Gasteiger partial charge is 0.129 e. The molecule has 2 aromatic carbocycles. The molecule has 2 nitrogen and oxygen atoms in total. The van der Waals surface area contributed by atoms with Crippen LogP contribution in [0.2, 0.25) is 10.0 Å². The highest BCUT2D eigenvalue weighted by molar-refractivity contribution is 9.10. The van der Waals surface area contributed by atoms with Crippen LogP contribution in [0, 0.1) is 0 Å². The number of rotatable bonds is 2. The first kappa shape index (κ1) is 14.2. The van der Waals surface area contributed by atoms with Crippen LogP contribution in [0.4, 0.5) is 0 Å². The number of aromatic nitrogens is 2. The zero-order chi connectivity index (χ0) is 14.3. The Kier molecular flexibility index (Phi) is 3.95. The van der Waals surface area contributed by atoms with Crippen LogP contribution < -0.4 is 0 Å². The number of hydrogen-bond acceptors (Lipinski definition) is 1. The van der Waals surface area contributed by atoms with Gasteiger partial charge in [0.25, 0.3) is 0 Å². The lowest BCUT2D eigenvalue weighted by Gasteiger charge is -2.09. The first-order valence-electron chi connectivity index (χ1n) is 5.78. The predicted octanol–water partition coefficient (Wildman–Crippen LogP) is 5.83. The minimum absolute atomic E-state index is 0.312. The molecular weight excluding hydrogens is 382 g/mol. The number of alkyl halides is 1. The molecule has 1 heterocycles. The SMILES string of the molecule is ClCc1nc2cc(Cl)ccc2n1-c1ccc(Cl)c(Br)c1.